The van der Waals surface area contributed by atoms with Gasteiger partial charge < -0.3 is 5.73 Å². The number of carbonyl (C=O) groups excluding carboxylic acids is 3. The number of hydrogen-bond donors (Lipinski definition) is 2. The van der Waals surface area contributed by atoms with E-state index in [0.717, 1.165) is 16.7 Å². The summed E-state index contributed by atoms with van der Waals surface area (Å²) in [7, 11) is 0. The van der Waals surface area contributed by atoms with Crippen molar-refractivity contribution >= 4 is 17.7 Å². The lowest BCUT2D eigenvalue weighted by Crippen LogP contribution is -2.37. The molecule has 1 aromatic carbocycles. The lowest BCUT2D eigenvalue weighted by molar-refractivity contribution is -0.176. The first kappa shape index (κ1) is 14.7. The second-order valence-corrected chi connectivity index (χ2v) is 5.81. The lowest BCUT2D eigenvalue weighted by atomic mass is 9.89. The molecule has 1 aromatic rings. The molecular weight excluding hydrogens is 286 g/mol. The molecule has 3 amide bonds. The number of amides is 3. The minimum atomic E-state index is -0.905. The Morgan fingerprint density at radius 1 is 1.23 bits per heavy atom. The Morgan fingerprint density at radius 3 is 2.45 bits per heavy atom. The first-order chi connectivity index (χ1) is 10.4. The molecule has 7 heteroatoms. The Labute approximate surface area is 127 Å². The van der Waals surface area contributed by atoms with Gasteiger partial charge in [-0.25, -0.2) is 0 Å². The van der Waals surface area contributed by atoms with Crippen LogP contribution >= 0.6 is 0 Å². The van der Waals surface area contributed by atoms with Gasteiger partial charge in [0.05, 0.1) is 12.0 Å². The SMILES string of the molecule is Cc1cc(C)cc(C2C3C(=O)NC(=O)C3ON2CC(N)=O)c1. The summed E-state index contributed by atoms with van der Waals surface area (Å²) < 4.78 is 0. The quantitative estimate of drug-likeness (QED) is 0.748. The van der Waals surface area contributed by atoms with E-state index in [4.69, 9.17) is 10.6 Å². The predicted molar refractivity (Wildman–Crippen MR) is 76.1 cm³/mol. The van der Waals surface area contributed by atoms with E-state index < -0.39 is 29.9 Å². The molecule has 3 N–H and O–H groups in total. The van der Waals surface area contributed by atoms with Crippen molar-refractivity contribution in [2.75, 3.05) is 6.54 Å². The van der Waals surface area contributed by atoms with Crippen molar-refractivity contribution in [1.29, 1.82) is 0 Å². The van der Waals surface area contributed by atoms with E-state index in [-0.39, 0.29) is 12.5 Å². The fourth-order valence-electron chi connectivity index (χ4n) is 3.23. The van der Waals surface area contributed by atoms with E-state index >= 15 is 0 Å². The lowest BCUT2D eigenvalue weighted by Gasteiger charge is -2.24. The van der Waals surface area contributed by atoms with Crippen molar-refractivity contribution in [3.05, 3.63) is 34.9 Å². The molecule has 2 aliphatic rings. The van der Waals surface area contributed by atoms with Gasteiger partial charge in [-0.05, 0) is 19.4 Å². The molecule has 2 fully saturated rings. The van der Waals surface area contributed by atoms with Crippen molar-refractivity contribution in [2.45, 2.75) is 26.0 Å². The van der Waals surface area contributed by atoms with Gasteiger partial charge in [-0.3, -0.25) is 24.5 Å². The van der Waals surface area contributed by atoms with E-state index in [2.05, 4.69) is 5.32 Å². The van der Waals surface area contributed by atoms with Crippen molar-refractivity contribution in [2.24, 2.45) is 11.7 Å². The van der Waals surface area contributed by atoms with E-state index in [9.17, 15) is 14.4 Å². The highest BCUT2D eigenvalue weighted by Crippen LogP contribution is 2.42. The smallest absolute Gasteiger partial charge is 0.258 e. The van der Waals surface area contributed by atoms with Crippen LogP contribution in [0, 0.1) is 19.8 Å². The molecule has 2 heterocycles. The molecule has 3 atom stereocenters. The molecule has 0 radical (unpaired) electrons. The summed E-state index contributed by atoms with van der Waals surface area (Å²) in [5.41, 5.74) is 8.14. The third kappa shape index (κ3) is 2.38. The van der Waals surface area contributed by atoms with Gasteiger partial charge >= 0.3 is 0 Å². The fourth-order valence-corrected chi connectivity index (χ4v) is 3.23. The molecule has 3 unspecified atom stereocenters. The normalized spacial score (nSPS) is 27.8. The number of benzene rings is 1. The number of carbonyl (C=O) groups is 3. The fraction of sp³-hybridized carbons (Fsp3) is 0.400. The molecule has 2 aliphatic heterocycles. The van der Waals surface area contributed by atoms with Gasteiger partial charge in [0.2, 0.25) is 11.8 Å². The second kappa shape index (κ2) is 5.19. The third-order valence-electron chi connectivity index (χ3n) is 3.93. The zero-order valence-corrected chi connectivity index (χ0v) is 12.3. The summed E-state index contributed by atoms with van der Waals surface area (Å²) in [4.78, 5) is 40.7. The van der Waals surface area contributed by atoms with E-state index in [0.29, 0.717) is 0 Å². The van der Waals surface area contributed by atoms with Gasteiger partial charge in [-0.1, -0.05) is 29.3 Å². The summed E-state index contributed by atoms with van der Waals surface area (Å²) in [5.74, 6) is -2.11. The number of hydroxylamine groups is 2. The van der Waals surface area contributed by atoms with Gasteiger partial charge in [0, 0.05) is 0 Å². The van der Waals surface area contributed by atoms with E-state index in [1.165, 1.54) is 5.06 Å². The van der Waals surface area contributed by atoms with Crippen LogP contribution < -0.4 is 11.1 Å². The number of nitrogens with zero attached hydrogens (tertiary/aromatic N) is 1. The average molecular weight is 303 g/mol. The van der Waals surface area contributed by atoms with Crippen LogP contribution in [-0.4, -0.2) is 35.4 Å². The summed E-state index contributed by atoms with van der Waals surface area (Å²) in [5, 5.41) is 3.63. The largest absolute Gasteiger partial charge is 0.368 e. The number of rotatable bonds is 3. The van der Waals surface area contributed by atoms with Crippen molar-refractivity contribution in [3.63, 3.8) is 0 Å². The van der Waals surface area contributed by atoms with Crippen LogP contribution in [0.25, 0.3) is 0 Å². The van der Waals surface area contributed by atoms with Gasteiger partial charge in [-0.15, -0.1) is 0 Å². The summed E-state index contributed by atoms with van der Waals surface area (Å²) in [6.45, 7) is 3.72. The number of hydrogen-bond acceptors (Lipinski definition) is 5. The van der Waals surface area contributed by atoms with Crippen LogP contribution in [-0.2, 0) is 19.2 Å². The average Bonchev–Trinajstić information content (AvgIpc) is 2.87. The molecule has 0 aromatic heterocycles. The molecule has 22 heavy (non-hydrogen) atoms. The number of primary amides is 1. The zero-order valence-electron chi connectivity index (χ0n) is 12.3. The van der Waals surface area contributed by atoms with Crippen LogP contribution in [0.2, 0.25) is 0 Å². The van der Waals surface area contributed by atoms with Gasteiger partial charge in [0.1, 0.15) is 6.54 Å². The van der Waals surface area contributed by atoms with Crippen LogP contribution in [0.3, 0.4) is 0 Å². The van der Waals surface area contributed by atoms with Crippen molar-refractivity contribution < 1.29 is 19.2 Å². The van der Waals surface area contributed by atoms with E-state index in [1.54, 1.807) is 0 Å². The Hall–Kier alpha value is -2.25. The highest BCUT2D eigenvalue weighted by molar-refractivity contribution is 6.07. The van der Waals surface area contributed by atoms with Gasteiger partial charge in [-0.2, -0.15) is 5.06 Å². The van der Waals surface area contributed by atoms with Crippen molar-refractivity contribution in [3.8, 4) is 0 Å². The van der Waals surface area contributed by atoms with Crippen LogP contribution in [0.1, 0.15) is 22.7 Å². The molecule has 0 aliphatic carbocycles. The molecule has 0 spiro atoms. The maximum atomic E-state index is 12.1. The Morgan fingerprint density at radius 2 is 1.86 bits per heavy atom. The maximum Gasteiger partial charge on any atom is 0.258 e. The molecule has 0 saturated carbocycles. The maximum absolute atomic E-state index is 12.1. The summed E-state index contributed by atoms with van der Waals surface area (Å²) >= 11 is 0. The first-order valence-electron chi connectivity index (χ1n) is 7.01. The highest BCUT2D eigenvalue weighted by Gasteiger charge is 2.56. The van der Waals surface area contributed by atoms with Gasteiger partial charge in [0.25, 0.3) is 5.91 Å². The summed E-state index contributed by atoms with van der Waals surface area (Å²) in [6, 6.07) is 5.35. The standard InChI is InChI=1S/C15H17N3O4/c1-7-3-8(2)5-9(4-7)12-11-13(15(21)17-14(11)20)22-18(12)6-10(16)19/h3-5,11-13H,6H2,1-2H3,(H2,16,19)(H,17,20,21). The first-order valence-corrected chi connectivity index (χ1v) is 7.01. The Balaban J connectivity index is 2.04. The Bertz CT molecular complexity index is 653. The molecule has 116 valence electrons. The number of nitrogens with one attached hydrogen (secondary N) is 1. The molecule has 7 nitrogen and oxygen atoms in total. The van der Waals surface area contributed by atoms with Crippen LogP contribution in [0.4, 0.5) is 0 Å². The molecule has 3 rings (SSSR count). The number of aryl methyl sites for hydroxylation is 2. The molecule has 0 bridgehead atoms. The van der Waals surface area contributed by atoms with Gasteiger partial charge in [0.15, 0.2) is 6.10 Å². The van der Waals surface area contributed by atoms with E-state index in [1.807, 2.05) is 32.0 Å². The second-order valence-electron chi connectivity index (χ2n) is 5.81. The van der Waals surface area contributed by atoms with Crippen LogP contribution in [0.5, 0.6) is 0 Å². The highest BCUT2D eigenvalue weighted by atomic mass is 16.7. The number of nitrogens with two attached hydrogens (primary N) is 1. The topological polar surface area (TPSA) is 102 Å². The monoisotopic (exact) mass is 303 g/mol. The minimum Gasteiger partial charge on any atom is -0.368 e. The summed E-state index contributed by atoms with van der Waals surface area (Å²) in [6.07, 6.45) is -0.905. The molecular formula is C15H17N3O4. The van der Waals surface area contributed by atoms with Crippen molar-refractivity contribution in [1.82, 2.24) is 10.4 Å². The predicted octanol–water partition coefficient (Wildman–Crippen LogP) is -0.282. The zero-order chi connectivity index (χ0) is 16.0. The molecule has 2 saturated heterocycles. The Kier molecular flexibility index (Phi) is 3.46. The number of imide groups is 1. The minimum absolute atomic E-state index is 0.175. The van der Waals surface area contributed by atoms with Crippen LogP contribution in [0.15, 0.2) is 18.2 Å². The number of fused-ring (bicyclic) bond motifs is 1. The third-order valence-corrected chi connectivity index (χ3v) is 3.93.